The zero-order valence-electron chi connectivity index (χ0n) is 12.5. The Hall–Kier alpha value is -1.69. The molecule has 1 saturated heterocycles. The van der Waals surface area contributed by atoms with E-state index in [1.807, 2.05) is 6.92 Å². The number of piperidine rings is 1. The van der Waals surface area contributed by atoms with Crippen LogP contribution >= 0.6 is 11.3 Å². The summed E-state index contributed by atoms with van der Waals surface area (Å²) in [6, 6.07) is 0. The van der Waals surface area contributed by atoms with Crippen molar-refractivity contribution in [3.8, 4) is 0 Å². The van der Waals surface area contributed by atoms with Gasteiger partial charge in [-0.25, -0.2) is 14.8 Å². The lowest BCUT2D eigenvalue weighted by Crippen LogP contribution is -2.39. The highest BCUT2D eigenvalue weighted by Gasteiger charge is 2.26. The van der Waals surface area contributed by atoms with Gasteiger partial charge in [0, 0.05) is 13.1 Å². The zero-order chi connectivity index (χ0) is 15.1. The number of hydrogen-bond donors (Lipinski definition) is 1. The maximum atomic E-state index is 11.3. The molecule has 2 aromatic rings. The Kier molecular flexibility index (Phi) is 3.57. The van der Waals surface area contributed by atoms with Gasteiger partial charge in [-0.3, -0.25) is 0 Å². The largest absolute Gasteiger partial charge is 0.477 e. The lowest BCUT2D eigenvalue weighted by Gasteiger charge is -2.36. The Labute approximate surface area is 127 Å². The van der Waals surface area contributed by atoms with Crippen LogP contribution in [0.15, 0.2) is 6.33 Å². The van der Waals surface area contributed by atoms with Crippen molar-refractivity contribution in [3.05, 3.63) is 16.8 Å². The van der Waals surface area contributed by atoms with Crippen LogP contribution in [0.2, 0.25) is 0 Å². The number of hydrogen-bond acceptors (Lipinski definition) is 5. The summed E-state index contributed by atoms with van der Waals surface area (Å²) in [5.41, 5.74) is 0.781. The quantitative estimate of drug-likeness (QED) is 0.923. The molecule has 0 aliphatic carbocycles. The Morgan fingerprint density at radius 2 is 2.00 bits per heavy atom. The van der Waals surface area contributed by atoms with E-state index in [9.17, 15) is 9.90 Å². The summed E-state index contributed by atoms with van der Waals surface area (Å²) in [6.45, 7) is 8.29. The van der Waals surface area contributed by atoms with E-state index < -0.39 is 5.97 Å². The van der Waals surface area contributed by atoms with E-state index in [0.29, 0.717) is 16.7 Å². The van der Waals surface area contributed by atoms with Crippen molar-refractivity contribution in [3.63, 3.8) is 0 Å². The number of thiophene rings is 1. The Bertz CT molecular complexity index is 688. The SMILES string of the molecule is Cc1c(C(=O)O)sc2ncnc(N3CC(C)CC(C)C3)c12. The van der Waals surface area contributed by atoms with E-state index in [0.717, 1.165) is 34.7 Å². The van der Waals surface area contributed by atoms with Gasteiger partial charge in [0.25, 0.3) is 0 Å². The van der Waals surface area contributed by atoms with Gasteiger partial charge in [0.1, 0.15) is 21.9 Å². The van der Waals surface area contributed by atoms with E-state index in [-0.39, 0.29) is 0 Å². The van der Waals surface area contributed by atoms with Crippen molar-refractivity contribution >= 4 is 33.3 Å². The fourth-order valence-corrected chi connectivity index (χ4v) is 4.31. The molecule has 1 aliphatic heterocycles. The number of anilines is 1. The zero-order valence-corrected chi connectivity index (χ0v) is 13.3. The molecule has 2 atom stereocenters. The summed E-state index contributed by atoms with van der Waals surface area (Å²) in [5, 5.41) is 10.2. The molecule has 2 unspecified atom stereocenters. The van der Waals surface area contributed by atoms with Crippen LogP contribution in [0.4, 0.5) is 5.82 Å². The smallest absolute Gasteiger partial charge is 0.346 e. The van der Waals surface area contributed by atoms with Crippen LogP contribution in [0.5, 0.6) is 0 Å². The van der Waals surface area contributed by atoms with Crippen molar-refractivity contribution in [1.29, 1.82) is 0 Å². The minimum absolute atomic E-state index is 0.366. The number of aromatic nitrogens is 2. The number of aromatic carboxylic acids is 1. The van der Waals surface area contributed by atoms with Gasteiger partial charge >= 0.3 is 5.97 Å². The number of carboxylic acid groups (broad SMARTS) is 1. The topological polar surface area (TPSA) is 66.3 Å². The highest BCUT2D eigenvalue weighted by atomic mass is 32.1. The normalized spacial score (nSPS) is 22.7. The number of nitrogens with zero attached hydrogens (tertiary/aromatic N) is 3. The second-order valence-corrected chi connectivity index (χ2v) is 7.09. The average molecular weight is 305 g/mol. The van der Waals surface area contributed by atoms with Gasteiger partial charge in [0.2, 0.25) is 0 Å². The predicted molar refractivity (Wildman–Crippen MR) is 84.3 cm³/mol. The molecule has 3 rings (SSSR count). The van der Waals surface area contributed by atoms with Gasteiger partial charge in [-0.2, -0.15) is 0 Å². The Morgan fingerprint density at radius 1 is 1.33 bits per heavy atom. The van der Waals surface area contributed by atoms with Crippen LogP contribution < -0.4 is 4.90 Å². The van der Waals surface area contributed by atoms with Crippen LogP contribution in [0.3, 0.4) is 0 Å². The van der Waals surface area contributed by atoms with Crippen molar-refractivity contribution in [2.75, 3.05) is 18.0 Å². The number of rotatable bonds is 2. The lowest BCUT2D eigenvalue weighted by atomic mass is 9.92. The van der Waals surface area contributed by atoms with E-state index in [4.69, 9.17) is 0 Å². The number of carboxylic acids is 1. The molecule has 6 heteroatoms. The summed E-state index contributed by atoms with van der Waals surface area (Å²) in [7, 11) is 0. The lowest BCUT2D eigenvalue weighted by molar-refractivity contribution is 0.0701. The third-order valence-corrected chi connectivity index (χ3v) is 5.26. The second-order valence-electron chi connectivity index (χ2n) is 6.09. The van der Waals surface area contributed by atoms with Gasteiger partial charge < -0.3 is 10.0 Å². The number of aryl methyl sites for hydroxylation is 1. The highest BCUT2D eigenvalue weighted by Crippen LogP contribution is 2.36. The molecular weight excluding hydrogens is 286 g/mol. The third kappa shape index (κ3) is 2.48. The van der Waals surface area contributed by atoms with E-state index in [1.165, 1.54) is 17.8 Å². The molecule has 0 radical (unpaired) electrons. The summed E-state index contributed by atoms with van der Waals surface area (Å²) in [6.07, 6.45) is 2.77. The molecule has 0 aromatic carbocycles. The molecule has 1 N–H and O–H groups in total. The first-order chi connectivity index (χ1) is 9.97. The first-order valence-electron chi connectivity index (χ1n) is 7.19. The molecule has 2 aromatic heterocycles. The molecule has 0 bridgehead atoms. The van der Waals surface area contributed by atoms with Crippen LogP contribution in [-0.2, 0) is 0 Å². The van der Waals surface area contributed by atoms with Crippen molar-refractivity contribution in [2.45, 2.75) is 27.2 Å². The molecular formula is C15H19N3O2S. The highest BCUT2D eigenvalue weighted by molar-refractivity contribution is 7.20. The summed E-state index contributed by atoms with van der Waals surface area (Å²) >= 11 is 1.23. The molecule has 5 nitrogen and oxygen atoms in total. The molecule has 112 valence electrons. The average Bonchev–Trinajstić information content (AvgIpc) is 2.75. The van der Waals surface area contributed by atoms with E-state index in [1.54, 1.807) is 6.33 Å². The first kappa shape index (κ1) is 14.3. The first-order valence-corrected chi connectivity index (χ1v) is 8.01. The molecule has 1 fully saturated rings. The van der Waals surface area contributed by atoms with Crippen LogP contribution in [-0.4, -0.2) is 34.1 Å². The molecule has 1 aliphatic rings. The molecule has 3 heterocycles. The summed E-state index contributed by atoms with van der Waals surface area (Å²) in [4.78, 5) is 23.5. The van der Waals surface area contributed by atoms with E-state index in [2.05, 4.69) is 28.7 Å². The number of fused-ring (bicyclic) bond motifs is 1. The van der Waals surface area contributed by atoms with Crippen LogP contribution in [0, 0.1) is 18.8 Å². The number of carbonyl (C=O) groups is 1. The summed E-state index contributed by atoms with van der Waals surface area (Å²) < 4.78 is 0. The Balaban J connectivity index is 2.12. The third-order valence-electron chi connectivity index (χ3n) is 4.07. The van der Waals surface area contributed by atoms with E-state index >= 15 is 0 Å². The van der Waals surface area contributed by atoms with Gasteiger partial charge in [-0.1, -0.05) is 13.8 Å². The molecule has 21 heavy (non-hydrogen) atoms. The fraction of sp³-hybridized carbons (Fsp3) is 0.533. The van der Waals surface area contributed by atoms with Crippen molar-refractivity contribution in [2.24, 2.45) is 11.8 Å². The van der Waals surface area contributed by atoms with Crippen LogP contribution in [0.1, 0.15) is 35.5 Å². The van der Waals surface area contributed by atoms with Crippen molar-refractivity contribution < 1.29 is 9.90 Å². The molecule has 0 saturated carbocycles. The van der Waals surface area contributed by atoms with Crippen molar-refractivity contribution in [1.82, 2.24) is 9.97 Å². The monoisotopic (exact) mass is 305 g/mol. The molecule has 0 spiro atoms. The predicted octanol–water partition coefficient (Wildman–Crippen LogP) is 3.18. The second kappa shape index (κ2) is 5.26. The van der Waals surface area contributed by atoms with Gasteiger partial charge in [0.05, 0.1) is 5.39 Å². The summed E-state index contributed by atoms with van der Waals surface area (Å²) in [5.74, 6) is 1.25. The van der Waals surface area contributed by atoms with Gasteiger partial charge in [-0.15, -0.1) is 11.3 Å². The van der Waals surface area contributed by atoms with Gasteiger partial charge in [-0.05, 0) is 30.7 Å². The molecule has 0 amide bonds. The Morgan fingerprint density at radius 3 is 2.62 bits per heavy atom. The standard InChI is InChI=1S/C15H19N3O2S/c1-8-4-9(2)6-18(5-8)13-11-10(3)12(15(19)20)21-14(11)17-7-16-13/h7-9H,4-6H2,1-3H3,(H,19,20). The fourth-order valence-electron chi connectivity index (χ4n) is 3.33. The maximum Gasteiger partial charge on any atom is 0.346 e. The minimum Gasteiger partial charge on any atom is -0.477 e. The van der Waals surface area contributed by atoms with Gasteiger partial charge in [0.15, 0.2) is 0 Å². The minimum atomic E-state index is -0.887. The van der Waals surface area contributed by atoms with Crippen LogP contribution in [0.25, 0.3) is 10.2 Å². The maximum absolute atomic E-state index is 11.3.